The zero-order valence-corrected chi connectivity index (χ0v) is 18.5. The van der Waals surface area contributed by atoms with Crippen molar-refractivity contribution in [2.75, 3.05) is 31.6 Å². The Kier molecular flexibility index (Phi) is 7.04. The number of aryl methyl sites for hydroxylation is 1. The van der Waals surface area contributed by atoms with Crippen molar-refractivity contribution in [3.63, 3.8) is 0 Å². The van der Waals surface area contributed by atoms with Crippen LogP contribution in [0.2, 0.25) is 0 Å². The molecule has 8 nitrogen and oxygen atoms in total. The van der Waals surface area contributed by atoms with E-state index in [9.17, 15) is 13.2 Å². The van der Waals surface area contributed by atoms with Crippen LogP contribution in [-0.4, -0.2) is 49.5 Å². The number of rotatable bonds is 8. The van der Waals surface area contributed by atoms with Gasteiger partial charge in [0.15, 0.2) is 0 Å². The number of hydrogen-bond donors (Lipinski definition) is 1. The van der Waals surface area contributed by atoms with Gasteiger partial charge in [-0.1, -0.05) is 6.42 Å². The third kappa shape index (κ3) is 4.79. The zero-order valence-electron chi connectivity index (χ0n) is 17.7. The summed E-state index contributed by atoms with van der Waals surface area (Å²) in [5.74, 6) is 0.702. The molecule has 1 aromatic carbocycles. The number of carbonyl (C=O) groups excluding carboxylic acids is 1. The highest BCUT2D eigenvalue weighted by Gasteiger charge is 2.28. The third-order valence-corrected chi connectivity index (χ3v) is 6.84. The van der Waals surface area contributed by atoms with Gasteiger partial charge in [0.1, 0.15) is 22.1 Å². The summed E-state index contributed by atoms with van der Waals surface area (Å²) in [4.78, 5) is 13.1. The van der Waals surface area contributed by atoms with Gasteiger partial charge >= 0.3 is 0 Å². The van der Waals surface area contributed by atoms with Gasteiger partial charge in [0.2, 0.25) is 10.0 Å². The predicted octanol–water partition coefficient (Wildman–Crippen LogP) is 3.25. The summed E-state index contributed by atoms with van der Waals surface area (Å²) in [6.45, 7) is 5.71. The Morgan fingerprint density at radius 3 is 2.43 bits per heavy atom. The lowest BCUT2D eigenvalue weighted by Gasteiger charge is -2.25. The minimum absolute atomic E-state index is 0.130. The number of anilines is 1. The lowest BCUT2D eigenvalue weighted by atomic mass is 10.2. The fraction of sp³-hybridized carbons (Fsp3) is 0.476. The van der Waals surface area contributed by atoms with E-state index in [-0.39, 0.29) is 10.6 Å². The molecule has 2 aromatic rings. The van der Waals surface area contributed by atoms with Crippen molar-refractivity contribution in [2.24, 2.45) is 7.05 Å². The second-order valence-corrected chi connectivity index (χ2v) is 9.05. The van der Waals surface area contributed by atoms with Crippen LogP contribution in [0.15, 0.2) is 35.4 Å². The molecule has 0 aliphatic carbocycles. The van der Waals surface area contributed by atoms with Crippen molar-refractivity contribution in [3.05, 3.63) is 36.2 Å². The van der Waals surface area contributed by atoms with E-state index in [1.165, 1.54) is 21.1 Å². The first-order valence-corrected chi connectivity index (χ1v) is 11.7. The molecule has 1 aliphatic heterocycles. The van der Waals surface area contributed by atoms with Crippen LogP contribution in [-0.2, 0) is 17.1 Å². The molecule has 0 spiro atoms. The molecule has 0 saturated carbocycles. The van der Waals surface area contributed by atoms with E-state index < -0.39 is 15.9 Å². The number of hydrogen-bond acceptors (Lipinski definition) is 5. The standard InChI is InChI=1S/C21H29N3O5S/c1-4-28-16-9-10-20(29-5-2)18(13-16)22-21(25)19-14-17(15-23(19)3)30(26,27)24-11-7-6-8-12-24/h9-10,13-15H,4-8,11-12H2,1-3H3,(H,22,25). The van der Waals surface area contributed by atoms with Crippen LogP contribution in [0.3, 0.4) is 0 Å². The topological polar surface area (TPSA) is 89.9 Å². The molecule has 1 aliphatic rings. The van der Waals surface area contributed by atoms with Crippen molar-refractivity contribution >= 4 is 21.6 Å². The van der Waals surface area contributed by atoms with Gasteiger partial charge in [-0.05, 0) is 44.9 Å². The maximum Gasteiger partial charge on any atom is 0.272 e. The minimum atomic E-state index is -3.61. The molecule has 0 unspecified atom stereocenters. The van der Waals surface area contributed by atoms with Crippen LogP contribution in [0.4, 0.5) is 5.69 Å². The Bertz CT molecular complexity index is 994. The Labute approximate surface area is 177 Å². The summed E-state index contributed by atoms with van der Waals surface area (Å²) < 4.78 is 40.0. The van der Waals surface area contributed by atoms with Crippen molar-refractivity contribution in [1.29, 1.82) is 0 Å². The molecule has 1 saturated heterocycles. The quantitative estimate of drug-likeness (QED) is 0.687. The first-order valence-electron chi connectivity index (χ1n) is 10.2. The molecule has 9 heteroatoms. The summed E-state index contributed by atoms with van der Waals surface area (Å²) in [7, 11) is -1.96. The van der Waals surface area contributed by atoms with Crippen LogP contribution in [0.5, 0.6) is 11.5 Å². The number of benzene rings is 1. The van der Waals surface area contributed by atoms with Gasteiger partial charge in [-0.3, -0.25) is 4.79 Å². The van der Waals surface area contributed by atoms with Crippen LogP contribution < -0.4 is 14.8 Å². The van der Waals surface area contributed by atoms with E-state index in [4.69, 9.17) is 9.47 Å². The molecule has 1 amide bonds. The smallest absolute Gasteiger partial charge is 0.272 e. The van der Waals surface area contributed by atoms with Crippen molar-refractivity contribution in [2.45, 2.75) is 38.0 Å². The maximum atomic E-state index is 12.9. The van der Waals surface area contributed by atoms with E-state index in [1.807, 2.05) is 13.8 Å². The number of ether oxygens (including phenoxy) is 2. The first kappa shape index (κ1) is 22.2. The lowest BCUT2D eigenvalue weighted by Crippen LogP contribution is -2.35. The van der Waals surface area contributed by atoms with Crippen molar-refractivity contribution in [3.8, 4) is 11.5 Å². The summed E-state index contributed by atoms with van der Waals surface area (Å²) in [5, 5.41) is 2.82. The summed E-state index contributed by atoms with van der Waals surface area (Å²) in [5.41, 5.74) is 0.712. The summed E-state index contributed by atoms with van der Waals surface area (Å²) in [6.07, 6.45) is 4.24. The van der Waals surface area contributed by atoms with Gasteiger partial charge in [0, 0.05) is 32.4 Å². The molecular weight excluding hydrogens is 406 g/mol. The van der Waals surface area contributed by atoms with Crippen molar-refractivity contribution in [1.82, 2.24) is 8.87 Å². The zero-order chi connectivity index (χ0) is 21.7. The maximum absolute atomic E-state index is 12.9. The first-order chi connectivity index (χ1) is 14.4. The van der Waals surface area contributed by atoms with Crippen LogP contribution in [0.1, 0.15) is 43.6 Å². The Morgan fingerprint density at radius 1 is 1.07 bits per heavy atom. The molecule has 164 valence electrons. The number of sulfonamides is 1. The van der Waals surface area contributed by atoms with Gasteiger partial charge in [0.05, 0.1) is 18.9 Å². The number of piperidine rings is 1. The molecule has 2 heterocycles. The molecule has 0 bridgehead atoms. The molecule has 0 atom stereocenters. The summed E-state index contributed by atoms with van der Waals surface area (Å²) >= 11 is 0. The second-order valence-electron chi connectivity index (χ2n) is 7.11. The van der Waals surface area contributed by atoms with Gasteiger partial charge in [-0.2, -0.15) is 4.31 Å². The number of amides is 1. The van der Waals surface area contributed by atoms with E-state index >= 15 is 0 Å². The highest BCUT2D eigenvalue weighted by Crippen LogP contribution is 2.30. The third-order valence-electron chi connectivity index (χ3n) is 4.98. The molecule has 1 aromatic heterocycles. The highest BCUT2D eigenvalue weighted by molar-refractivity contribution is 7.89. The molecule has 30 heavy (non-hydrogen) atoms. The normalized spacial score (nSPS) is 15.0. The van der Waals surface area contributed by atoms with Crippen molar-refractivity contribution < 1.29 is 22.7 Å². The summed E-state index contributed by atoms with van der Waals surface area (Å²) in [6, 6.07) is 6.63. The molecule has 1 fully saturated rings. The average molecular weight is 436 g/mol. The van der Waals surface area contributed by atoms with Gasteiger partial charge in [0.25, 0.3) is 5.91 Å². The van der Waals surface area contributed by atoms with Crippen LogP contribution in [0, 0.1) is 0 Å². The molecular formula is C21H29N3O5S. The van der Waals surface area contributed by atoms with E-state index in [1.54, 1.807) is 25.2 Å². The van der Waals surface area contributed by atoms with Gasteiger partial charge < -0.3 is 19.4 Å². The fourth-order valence-electron chi connectivity index (χ4n) is 3.49. The highest BCUT2D eigenvalue weighted by atomic mass is 32.2. The monoisotopic (exact) mass is 435 g/mol. The number of carbonyl (C=O) groups is 1. The molecule has 3 rings (SSSR count). The fourth-order valence-corrected chi connectivity index (χ4v) is 5.08. The average Bonchev–Trinajstić information content (AvgIpc) is 3.13. The van der Waals surface area contributed by atoms with Crippen LogP contribution in [0.25, 0.3) is 0 Å². The Balaban J connectivity index is 1.85. The number of nitrogens with one attached hydrogen (secondary N) is 1. The minimum Gasteiger partial charge on any atom is -0.494 e. The largest absolute Gasteiger partial charge is 0.494 e. The van der Waals surface area contributed by atoms with Gasteiger partial charge in [-0.15, -0.1) is 0 Å². The number of nitrogens with zero attached hydrogens (tertiary/aromatic N) is 2. The number of aromatic nitrogens is 1. The van der Waals surface area contributed by atoms with E-state index in [0.29, 0.717) is 43.5 Å². The molecule has 1 N–H and O–H groups in total. The Morgan fingerprint density at radius 2 is 1.77 bits per heavy atom. The van der Waals surface area contributed by atoms with E-state index in [0.717, 1.165) is 19.3 Å². The Hall–Kier alpha value is -2.52. The van der Waals surface area contributed by atoms with Gasteiger partial charge in [-0.25, -0.2) is 8.42 Å². The van der Waals surface area contributed by atoms with Crippen LogP contribution >= 0.6 is 0 Å². The lowest BCUT2D eigenvalue weighted by molar-refractivity contribution is 0.101. The predicted molar refractivity (Wildman–Crippen MR) is 115 cm³/mol. The SMILES string of the molecule is CCOc1ccc(OCC)c(NC(=O)c2cc(S(=O)(=O)N3CCCCC3)cn2C)c1. The molecule has 0 radical (unpaired) electrons. The second kappa shape index (κ2) is 9.53. The van der Waals surface area contributed by atoms with E-state index in [2.05, 4.69) is 5.32 Å².